The lowest BCUT2D eigenvalue weighted by Crippen LogP contribution is -2.41. The van der Waals surface area contributed by atoms with Crippen LogP contribution in [0.3, 0.4) is 0 Å². The molecule has 2 atom stereocenters. The first-order chi connectivity index (χ1) is 8.20. The van der Waals surface area contributed by atoms with Gasteiger partial charge in [0.15, 0.2) is 0 Å². The molecular formula is C16H26O2. The van der Waals surface area contributed by atoms with Crippen molar-refractivity contribution in [2.45, 2.75) is 66.2 Å². The topological polar surface area (TPSA) is 34.1 Å². The van der Waals surface area contributed by atoms with Gasteiger partial charge in [0.25, 0.3) is 0 Å². The van der Waals surface area contributed by atoms with Crippen LogP contribution in [-0.2, 0) is 9.59 Å². The van der Waals surface area contributed by atoms with Crippen LogP contribution in [0.2, 0.25) is 0 Å². The molecule has 0 aromatic carbocycles. The van der Waals surface area contributed by atoms with Crippen LogP contribution in [-0.4, -0.2) is 11.6 Å². The van der Waals surface area contributed by atoms with Crippen molar-refractivity contribution in [3.63, 3.8) is 0 Å². The molecule has 0 heterocycles. The van der Waals surface area contributed by atoms with E-state index in [1.165, 1.54) is 0 Å². The molecule has 2 rings (SSSR count). The molecule has 0 N–H and O–H groups in total. The van der Waals surface area contributed by atoms with Crippen molar-refractivity contribution in [1.29, 1.82) is 0 Å². The molecule has 2 nitrogen and oxygen atoms in total. The van der Waals surface area contributed by atoms with Crippen molar-refractivity contribution in [1.82, 2.24) is 0 Å². The van der Waals surface area contributed by atoms with E-state index in [0.29, 0.717) is 24.4 Å². The summed E-state index contributed by atoms with van der Waals surface area (Å²) in [5.41, 5.74) is 0.287. The van der Waals surface area contributed by atoms with E-state index < -0.39 is 0 Å². The average Bonchev–Trinajstić information content (AvgIpc) is 2.17. The van der Waals surface area contributed by atoms with Gasteiger partial charge in [0.2, 0.25) is 0 Å². The third-order valence-electron chi connectivity index (χ3n) is 4.88. The molecule has 2 aliphatic carbocycles. The lowest BCUT2D eigenvalue weighted by molar-refractivity contribution is -0.139. The van der Waals surface area contributed by atoms with Crippen LogP contribution in [0.5, 0.6) is 0 Å². The molecule has 2 fully saturated rings. The smallest absolute Gasteiger partial charge is 0.137 e. The summed E-state index contributed by atoms with van der Waals surface area (Å²) >= 11 is 0. The van der Waals surface area contributed by atoms with Gasteiger partial charge in [-0.3, -0.25) is 9.59 Å². The second-order valence-corrected chi connectivity index (χ2v) is 7.90. The Hall–Kier alpha value is -0.660. The van der Waals surface area contributed by atoms with Crippen molar-refractivity contribution in [3.8, 4) is 0 Å². The molecule has 2 saturated carbocycles. The molecule has 0 saturated heterocycles. The Morgan fingerprint density at radius 1 is 0.778 bits per heavy atom. The van der Waals surface area contributed by atoms with Crippen LogP contribution in [0.4, 0.5) is 0 Å². The highest BCUT2D eigenvalue weighted by Gasteiger charge is 2.43. The monoisotopic (exact) mass is 250 g/mol. The van der Waals surface area contributed by atoms with E-state index in [0.717, 1.165) is 25.7 Å². The molecule has 0 aliphatic heterocycles. The summed E-state index contributed by atoms with van der Waals surface area (Å²) in [5.74, 6) is 0.733. The zero-order chi connectivity index (χ0) is 13.6. The lowest BCUT2D eigenvalue weighted by Gasteiger charge is -2.40. The summed E-state index contributed by atoms with van der Waals surface area (Å²) in [6, 6.07) is 0. The van der Waals surface area contributed by atoms with Gasteiger partial charge in [0.1, 0.15) is 11.6 Å². The minimum absolute atomic E-state index is 0.0293. The van der Waals surface area contributed by atoms with Gasteiger partial charge < -0.3 is 0 Å². The Bertz CT molecular complexity index is 329. The summed E-state index contributed by atoms with van der Waals surface area (Å²) in [6.45, 7) is 8.64. The number of Topliss-reactive ketones (excluding diaryl/α,β-unsaturated/α-hetero) is 2. The van der Waals surface area contributed by atoms with E-state index in [2.05, 4.69) is 27.7 Å². The predicted molar refractivity (Wildman–Crippen MR) is 72.3 cm³/mol. The van der Waals surface area contributed by atoms with Crippen molar-refractivity contribution >= 4 is 11.6 Å². The van der Waals surface area contributed by atoms with Gasteiger partial charge in [-0.15, -0.1) is 0 Å². The number of ketones is 2. The standard InChI is InChI=1S/C16H26O2/c1-15(2)7-5-11(13(17)9-15)12-6-8-16(3,4)10-14(12)18/h11-12H,5-10H2,1-4H3/t11-,12-/m0/s1. The number of carbonyl (C=O) groups is 2. The maximum Gasteiger partial charge on any atom is 0.137 e. The van der Waals surface area contributed by atoms with Crippen LogP contribution in [0.15, 0.2) is 0 Å². The summed E-state index contributed by atoms with van der Waals surface area (Å²) in [5, 5.41) is 0. The SMILES string of the molecule is CC1(C)CC[C@@H]([C@@H]2CCC(C)(C)CC2=O)C(=O)C1. The van der Waals surface area contributed by atoms with Gasteiger partial charge in [-0.25, -0.2) is 0 Å². The van der Waals surface area contributed by atoms with E-state index in [-0.39, 0.29) is 22.7 Å². The highest BCUT2D eigenvalue weighted by Crippen LogP contribution is 2.44. The summed E-state index contributed by atoms with van der Waals surface area (Å²) in [7, 11) is 0. The van der Waals surface area contributed by atoms with Crippen LogP contribution in [0, 0.1) is 22.7 Å². The van der Waals surface area contributed by atoms with Crippen LogP contribution < -0.4 is 0 Å². The van der Waals surface area contributed by atoms with Crippen molar-refractivity contribution in [3.05, 3.63) is 0 Å². The number of rotatable bonds is 1. The predicted octanol–water partition coefficient (Wildman–Crippen LogP) is 3.78. The van der Waals surface area contributed by atoms with Crippen LogP contribution in [0.25, 0.3) is 0 Å². The Kier molecular flexibility index (Phi) is 3.42. The Labute approximate surface area is 111 Å². The fourth-order valence-corrected chi connectivity index (χ4v) is 3.65. The highest BCUT2D eigenvalue weighted by atomic mass is 16.1. The minimum Gasteiger partial charge on any atom is -0.299 e. The summed E-state index contributed by atoms with van der Waals surface area (Å²) < 4.78 is 0. The molecule has 0 amide bonds. The fraction of sp³-hybridized carbons (Fsp3) is 0.875. The Morgan fingerprint density at radius 3 is 1.39 bits per heavy atom. The zero-order valence-electron chi connectivity index (χ0n) is 12.2. The van der Waals surface area contributed by atoms with E-state index in [4.69, 9.17) is 0 Å². The largest absolute Gasteiger partial charge is 0.299 e. The molecule has 18 heavy (non-hydrogen) atoms. The maximum absolute atomic E-state index is 12.3. The number of hydrogen-bond acceptors (Lipinski definition) is 2. The van der Waals surface area contributed by atoms with Crippen molar-refractivity contribution in [2.75, 3.05) is 0 Å². The van der Waals surface area contributed by atoms with Gasteiger partial charge in [-0.05, 0) is 36.5 Å². The molecule has 0 bridgehead atoms. The average molecular weight is 250 g/mol. The third-order valence-corrected chi connectivity index (χ3v) is 4.88. The highest BCUT2D eigenvalue weighted by molar-refractivity contribution is 5.91. The maximum atomic E-state index is 12.3. The molecule has 0 radical (unpaired) electrons. The second-order valence-electron chi connectivity index (χ2n) is 7.90. The molecule has 0 aromatic rings. The number of carbonyl (C=O) groups excluding carboxylic acids is 2. The van der Waals surface area contributed by atoms with Crippen LogP contribution >= 0.6 is 0 Å². The Balaban J connectivity index is 2.05. The second kappa shape index (κ2) is 4.47. The summed E-state index contributed by atoms with van der Waals surface area (Å²) in [4.78, 5) is 24.5. The van der Waals surface area contributed by atoms with Crippen LogP contribution in [0.1, 0.15) is 66.2 Å². The first-order valence-corrected chi connectivity index (χ1v) is 7.26. The van der Waals surface area contributed by atoms with E-state index >= 15 is 0 Å². The molecule has 0 aromatic heterocycles. The Morgan fingerprint density at radius 2 is 1.11 bits per heavy atom. The van der Waals surface area contributed by atoms with Gasteiger partial charge in [-0.2, -0.15) is 0 Å². The molecule has 2 aliphatic rings. The number of hydrogen-bond donors (Lipinski definition) is 0. The summed E-state index contributed by atoms with van der Waals surface area (Å²) in [6.07, 6.45) is 5.31. The molecule has 102 valence electrons. The lowest BCUT2D eigenvalue weighted by atomic mass is 9.62. The molecule has 0 spiro atoms. The normalized spacial score (nSPS) is 35.6. The third kappa shape index (κ3) is 2.84. The minimum atomic E-state index is 0.0293. The molecular weight excluding hydrogens is 224 g/mol. The van der Waals surface area contributed by atoms with Gasteiger partial charge in [-0.1, -0.05) is 27.7 Å². The quantitative estimate of drug-likeness (QED) is 0.709. The zero-order valence-corrected chi connectivity index (χ0v) is 12.2. The van der Waals surface area contributed by atoms with E-state index in [1.54, 1.807) is 0 Å². The van der Waals surface area contributed by atoms with Gasteiger partial charge in [0.05, 0.1) is 0 Å². The van der Waals surface area contributed by atoms with Gasteiger partial charge >= 0.3 is 0 Å². The molecule has 2 heteroatoms. The van der Waals surface area contributed by atoms with E-state index in [1.807, 2.05) is 0 Å². The van der Waals surface area contributed by atoms with Crippen molar-refractivity contribution in [2.24, 2.45) is 22.7 Å². The van der Waals surface area contributed by atoms with E-state index in [9.17, 15) is 9.59 Å². The first-order valence-electron chi connectivity index (χ1n) is 7.26. The first kappa shape index (κ1) is 13.8. The van der Waals surface area contributed by atoms with Gasteiger partial charge in [0, 0.05) is 24.7 Å². The fourth-order valence-electron chi connectivity index (χ4n) is 3.65. The molecule has 0 unspecified atom stereocenters. The van der Waals surface area contributed by atoms with Crippen molar-refractivity contribution < 1.29 is 9.59 Å².